The molecule has 0 unspecified atom stereocenters. The summed E-state index contributed by atoms with van der Waals surface area (Å²) in [6.45, 7) is 0. The molecule has 0 amide bonds. The normalized spacial score (nSPS) is 18.9. The molecule has 1 aliphatic carbocycles. The number of carboxylic acids is 1. The molecule has 3 heterocycles. The number of anilines is 2. The minimum Gasteiger partial charge on any atom is -0.487 e. The second-order valence-corrected chi connectivity index (χ2v) is 9.37. The molecule has 16 heteroatoms. The zero-order chi connectivity index (χ0) is 28.8. The Hall–Kier alpha value is -4.27. The highest BCUT2D eigenvalue weighted by molar-refractivity contribution is 6.30. The van der Waals surface area contributed by atoms with Crippen molar-refractivity contribution in [3.8, 4) is 5.75 Å². The molecule has 0 aliphatic heterocycles. The van der Waals surface area contributed by atoms with Crippen LogP contribution in [0.4, 0.5) is 29.2 Å². The number of H-pyrrole nitrogens is 2. The van der Waals surface area contributed by atoms with Crippen molar-refractivity contribution in [2.24, 2.45) is 0 Å². The van der Waals surface area contributed by atoms with Gasteiger partial charge in [0.2, 0.25) is 0 Å². The molecular weight excluding hydrogens is 560 g/mol. The maximum atomic E-state index is 14.3. The van der Waals surface area contributed by atoms with Crippen molar-refractivity contribution < 1.29 is 32.2 Å². The Kier molecular flexibility index (Phi) is 8.82. The number of nitrogens with zero attached hydrogens (tertiary/aromatic N) is 5. The van der Waals surface area contributed by atoms with Gasteiger partial charge in [0.15, 0.2) is 23.2 Å². The molecule has 0 saturated heterocycles. The predicted octanol–water partition coefficient (Wildman–Crippen LogP) is 4.99. The van der Waals surface area contributed by atoms with Crippen molar-refractivity contribution in [1.82, 2.24) is 35.8 Å². The highest BCUT2D eigenvalue weighted by Gasteiger charge is 2.41. The van der Waals surface area contributed by atoms with Gasteiger partial charge in [0.05, 0.1) is 11.1 Å². The lowest BCUT2D eigenvalue weighted by Gasteiger charge is -2.37. The number of aliphatic carboxylic acids is 1. The number of hydrogen-bond acceptors (Lipinski definition) is 8. The van der Waals surface area contributed by atoms with Crippen LogP contribution in [0.1, 0.15) is 37.2 Å². The van der Waals surface area contributed by atoms with Crippen LogP contribution in [0.3, 0.4) is 0 Å². The van der Waals surface area contributed by atoms with E-state index < -0.39 is 18.0 Å². The zero-order valence-corrected chi connectivity index (χ0v) is 21.4. The maximum absolute atomic E-state index is 14.3. The Morgan fingerprint density at radius 3 is 2.48 bits per heavy atom. The van der Waals surface area contributed by atoms with Crippen LogP contribution in [0.15, 0.2) is 48.7 Å². The lowest BCUT2D eigenvalue weighted by atomic mass is 9.69. The summed E-state index contributed by atoms with van der Waals surface area (Å²) in [5, 5.41) is 32.2. The first kappa shape index (κ1) is 28.7. The van der Waals surface area contributed by atoms with Crippen LogP contribution in [0, 0.1) is 5.82 Å². The smallest absolute Gasteiger partial charge is 0.487 e. The minimum atomic E-state index is -5.08. The molecule has 4 aromatic rings. The summed E-state index contributed by atoms with van der Waals surface area (Å²) >= 11 is 5.89. The van der Waals surface area contributed by atoms with Gasteiger partial charge in [-0.2, -0.15) is 23.5 Å². The topological polar surface area (TPSA) is 155 Å². The van der Waals surface area contributed by atoms with E-state index in [-0.39, 0.29) is 22.3 Å². The van der Waals surface area contributed by atoms with Crippen LogP contribution >= 0.6 is 11.6 Å². The Morgan fingerprint density at radius 1 is 1.12 bits per heavy atom. The van der Waals surface area contributed by atoms with Gasteiger partial charge in [0, 0.05) is 29.8 Å². The number of tetrazole rings is 1. The minimum absolute atomic E-state index is 0.0545. The summed E-state index contributed by atoms with van der Waals surface area (Å²) in [7, 11) is 0. The van der Waals surface area contributed by atoms with Crippen molar-refractivity contribution in [2.75, 3.05) is 5.32 Å². The molecule has 11 nitrogen and oxygen atoms in total. The molecule has 1 saturated carbocycles. The molecule has 0 bridgehead atoms. The predicted molar refractivity (Wildman–Crippen MR) is 134 cm³/mol. The van der Waals surface area contributed by atoms with Crippen LogP contribution in [0.25, 0.3) is 0 Å². The average Bonchev–Trinajstić information content (AvgIpc) is 3.63. The first-order valence-corrected chi connectivity index (χ1v) is 12.3. The highest BCUT2D eigenvalue weighted by Crippen LogP contribution is 2.41. The summed E-state index contributed by atoms with van der Waals surface area (Å²) in [5.41, 5.74) is 0.554. The maximum Gasteiger partial charge on any atom is 0.490 e. The van der Waals surface area contributed by atoms with E-state index in [2.05, 4.69) is 36.1 Å². The van der Waals surface area contributed by atoms with E-state index in [1.54, 1.807) is 18.3 Å². The van der Waals surface area contributed by atoms with Crippen molar-refractivity contribution in [2.45, 2.75) is 49.8 Å². The SMILES string of the molecule is Fc1c(Cl)cccc1O[C@H]1CC[C@](Cc2cccc(Nc3cc[nH]n3)n2)(c2nn[nH]n2)CC1.O=C(O)C(F)(F)F. The third-order valence-electron chi connectivity index (χ3n) is 6.24. The monoisotopic (exact) mass is 582 g/mol. The summed E-state index contributed by atoms with van der Waals surface area (Å²) in [5.74, 6) is -1.05. The van der Waals surface area contributed by atoms with Gasteiger partial charge in [-0.3, -0.25) is 5.10 Å². The van der Waals surface area contributed by atoms with Crippen molar-refractivity contribution in [3.63, 3.8) is 0 Å². The number of carboxylic acid groups (broad SMARTS) is 1. The van der Waals surface area contributed by atoms with E-state index in [9.17, 15) is 17.6 Å². The van der Waals surface area contributed by atoms with Crippen molar-refractivity contribution >= 4 is 29.2 Å². The molecule has 4 N–H and O–H groups in total. The number of aromatic nitrogens is 7. The number of hydrogen-bond donors (Lipinski definition) is 4. The van der Waals surface area contributed by atoms with Gasteiger partial charge >= 0.3 is 12.1 Å². The fourth-order valence-corrected chi connectivity index (χ4v) is 4.50. The first-order chi connectivity index (χ1) is 19.1. The third-order valence-corrected chi connectivity index (χ3v) is 6.54. The lowest BCUT2D eigenvalue weighted by Crippen LogP contribution is -2.38. The summed E-state index contributed by atoms with van der Waals surface area (Å²) in [4.78, 5) is 13.7. The van der Waals surface area contributed by atoms with Gasteiger partial charge in [-0.05, 0) is 49.9 Å². The van der Waals surface area contributed by atoms with E-state index in [0.717, 1.165) is 18.5 Å². The fourth-order valence-electron chi connectivity index (χ4n) is 4.34. The van der Waals surface area contributed by atoms with E-state index in [4.69, 9.17) is 31.2 Å². The second kappa shape index (κ2) is 12.3. The number of carbonyl (C=O) groups is 1. The molecule has 1 fully saturated rings. The molecular formula is C24H23ClF4N8O3. The van der Waals surface area contributed by atoms with Gasteiger partial charge in [-0.25, -0.2) is 14.2 Å². The fraction of sp³-hybridized carbons (Fsp3) is 0.333. The lowest BCUT2D eigenvalue weighted by molar-refractivity contribution is -0.192. The molecule has 3 aromatic heterocycles. The van der Waals surface area contributed by atoms with Gasteiger partial charge in [-0.1, -0.05) is 28.9 Å². The molecule has 212 valence electrons. The van der Waals surface area contributed by atoms with E-state index in [1.165, 1.54) is 6.07 Å². The summed E-state index contributed by atoms with van der Waals surface area (Å²) in [6.07, 6.45) is 0.0976. The van der Waals surface area contributed by atoms with Crippen LogP contribution in [-0.2, 0) is 16.6 Å². The van der Waals surface area contributed by atoms with Crippen LogP contribution in [-0.4, -0.2) is 59.2 Å². The number of benzene rings is 1. The highest BCUT2D eigenvalue weighted by atomic mass is 35.5. The van der Waals surface area contributed by atoms with Gasteiger partial charge in [0.1, 0.15) is 5.82 Å². The van der Waals surface area contributed by atoms with E-state index in [1.807, 2.05) is 24.3 Å². The van der Waals surface area contributed by atoms with Crippen molar-refractivity contribution in [1.29, 1.82) is 0 Å². The molecule has 0 radical (unpaired) electrons. The number of halogens is 5. The standard InChI is InChI=1S/C22H22ClFN8O.C2HF3O2/c23-16-4-2-5-17(20(16)24)33-15-7-10-22(11-8-15,21-29-31-32-30-21)13-14-3-1-6-18(26-14)27-19-9-12-25-28-19;3-2(4,5)1(6)7/h1-6,9,12,15H,7-8,10-11,13H2,(H2,25,26,27,28)(H,29,30,31,32);(H,6,7)/t15-,22-;. The van der Waals surface area contributed by atoms with E-state index >= 15 is 0 Å². The Bertz CT molecular complexity index is 1400. The second-order valence-electron chi connectivity index (χ2n) is 8.96. The number of pyridine rings is 1. The van der Waals surface area contributed by atoms with Crippen LogP contribution < -0.4 is 10.1 Å². The van der Waals surface area contributed by atoms with Crippen molar-refractivity contribution in [3.05, 3.63) is 71.0 Å². The largest absolute Gasteiger partial charge is 0.490 e. The average molecular weight is 583 g/mol. The first-order valence-electron chi connectivity index (χ1n) is 11.9. The van der Waals surface area contributed by atoms with E-state index in [0.29, 0.717) is 36.7 Å². The number of ether oxygens (including phenoxy) is 1. The third kappa shape index (κ3) is 7.22. The summed E-state index contributed by atoms with van der Waals surface area (Å²) < 4.78 is 52.0. The molecule has 1 aromatic carbocycles. The molecule has 0 atom stereocenters. The Morgan fingerprint density at radius 2 is 1.85 bits per heavy atom. The molecule has 1 aliphatic rings. The Labute approximate surface area is 229 Å². The molecule has 40 heavy (non-hydrogen) atoms. The molecule has 5 rings (SSSR count). The van der Waals surface area contributed by atoms with Gasteiger partial charge in [0.25, 0.3) is 0 Å². The molecule has 0 spiro atoms. The number of rotatable bonds is 7. The van der Waals surface area contributed by atoms with Crippen LogP contribution in [0.5, 0.6) is 5.75 Å². The van der Waals surface area contributed by atoms with Crippen LogP contribution in [0.2, 0.25) is 5.02 Å². The van der Waals surface area contributed by atoms with Gasteiger partial charge < -0.3 is 15.2 Å². The summed E-state index contributed by atoms with van der Waals surface area (Å²) in [6, 6.07) is 12.5. The number of nitrogens with one attached hydrogen (secondary N) is 3. The van der Waals surface area contributed by atoms with Gasteiger partial charge in [-0.15, -0.1) is 10.2 Å². The Balaban J connectivity index is 0.000000470. The quantitative estimate of drug-likeness (QED) is 0.221. The number of alkyl halides is 3. The zero-order valence-electron chi connectivity index (χ0n) is 20.6. The number of aromatic amines is 2.